The van der Waals surface area contributed by atoms with E-state index in [1.165, 1.54) is 26.4 Å². The number of rotatable bonds is 12. The highest BCUT2D eigenvalue weighted by Gasteiger charge is 2.42. The van der Waals surface area contributed by atoms with Crippen LogP contribution in [-0.4, -0.2) is 87.0 Å². The third-order valence-corrected chi connectivity index (χ3v) is 14.2. The Morgan fingerprint density at radius 2 is 1.25 bits per heavy atom. The van der Waals surface area contributed by atoms with Crippen molar-refractivity contribution in [1.29, 1.82) is 0 Å². The predicted molar refractivity (Wildman–Crippen MR) is 251 cm³/mol. The van der Waals surface area contributed by atoms with Crippen molar-refractivity contribution in [3.8, 4) is 0 Å². The number of likely N-dealkylation sites (tertiary alicyclic amines) is 2. The van der Waals surface area contributed by atoms with E-state index < -0.39 is 53.8 Å². The van der Waals surface area contributed by atoms with Crippen LogP contribution in [0.4, 0.5) is 19.3 Å². The fourth-order valence-electron chi connectivity index (χ4n) is 10.5. The first kappa shape index (κ1) is 47.4. The van der Waals surface area contributed by atoms with Crippen molar-refractivity contribution in [1.82, 2.24) is 35.1 Å². The molecule has 3 aliphatic rings. The molecule has 2 aromatic heterocycles. The highest BCUT2D eigenvalue weighted by atomic mass is 19.1. The van der Waals surface area contributed by atoms with Crippen LogP contribution < -0.4 is 10.2 Å². The summed E-state index contributed by atoms with van der Waals surface area (Å²) in [6, 6.07) is 12.2. The summed E-state index contributed by atoms with van der Waals surface area (Å²) < 4.78 is 43.1. The molecule has 0 radical (unpaired) electrons. The molecule has 6 atom stereocenters. The van der Waals surface area contributed by atoms with Crippen LogP contribution in [0.5, 0.6) is 0 Å². The van der Waals surface area contributed by atoms with E-state index in [0.717, 1.165) is 24.1 Å². The first-order chi connectivity index (χ1) is 31.9. The number of carbonyl (C=O) groups excluding carboxylic acids is 4. The Morgan fingerprint density at radius 1 is 0.716 bits per heavy atom. The number of hydrogen-bond acceptors (Lipinski definition) is 9. The first-order valence-corrected chi connectivity index (χ1v) is 23.7. The molecule has 0 saturated carbocycles. The molecule has 0 unspecified atom stereocenters. The third-order valence-electron chi connectivity index (χ3n) is 14.2. The van der Waals surface area contributed by atoms with E-state index in [4.69, 9.17) is 19.4 Å². The number of methoxy groups -OCH3 is 2. The Kier molecular flexibility index (Phi) is 13.4. The van der Waals surface area contributed by atoms with Gasteiger partial charge in [-0.15, -0.1) is 0 Å². The number of imidazole rings is 2. The smallest absolute Gasteiger partial charge is 0.407 e. The van der Waals surface area contributed by atoms with Gasteiger partial charge in [0.25, 0.3) is 0 Å². The molecule has 5 heterocycles. The number of nitrogens with one attached hydrogen (secondary N) is 3. The lowest BCUT2D eigenvalue weighted by Gasteiger charge is -2.34. The van der Waals surface area contributed by atoms with Crippen molar-refractivity contribution in [2.75, 3.05) is 32.2 Å². The van der Waals surface area contributed by atoms with E-state index in [0.29, 0.717) is 83.6 Å². The van der Waals surface area contributed by atoms with Gasteiger partial charge in [0.1, 0.15) is 29.3 Å². The molecule has 67 heavy (non-hydrogen) atoms. The van der Waals surface area contributed by atoms with Gasteiger partial charge in [-0.25, -0.2) is 23.5 Å². The monoisotopic (exact) mass is 922 g/mol. The standard InChI is InChI=1S/C51H64F2N8O6/c1-27(2)31(24-44(62)66-8)48(63)59-20-10-12-42(59)46-54-36-22-32(34(52)25-38(36)56-46)40-18-19-41(61(40)30-16-14-29(15-17-30)51(5,6)7)33-23-37-39(26-35(33)53)57-47(55-37)43-13-11-21-60(43)49(64)45(28(3)4)58-50(65)67-9/h14-17,22-23,25-28,31,40-43,45H,10-13,18-21,24H2,1-9H3,(H,54,56)(H,55,57)(H,58,65)/t31-,40-,41+,42-,43-,45-/m0/s1. The van der Waals surface area contributed by atoms with Gasteiger partial charge in [-0.1, -0.05) is 60.6 Å². The number of aromatic nitrogens is 4. The second-order valence-electron chi connectivity index (χ2n) is 20.2. The number of esters is 1. The fourth-order valence-corrected chi connectivity index (χ4v) is 10.5. The molecule has 0 spiro atoms. The average Bonchev–Trinajstić information content (AvgIpc) is 4.15. The average molecular weight is 923 g/mol. The molecular formula is C51H64F2N8O6. The second-order valence-corrected chi connectivity index (χ2v) is 20.2. The van der Waals surface area contributed by atoms with E-state index in [1.807, 2.05) is 39.8 Å². The lowest BCUT2D eigenvalue weighted by molar-refractivity contribution is -0.148. The van der Waals surface area contributed by atoms with E-state index in [-0.39, 0.29) is 41.5 Å². The van der Waals surface area contributed by atoms with E-state index in [1.54, 1.807) is 21.9 Å². The topological polar surface area (TPSA) is 166 Å². The number of fused-ring (bicyclic) bond motifs is 2. The number of alkyl carbamates (subject to hydrolysis) is 1. The molecular weight excluding hydrogens is 859 g/mol. The van der Waals surface area contributed by atoms with E-state index >= 15 is 8.78 Å². The molecule has 3 fully saturated rings. The van der Waals surface area contributed by atoms with Crippen LogP contribution in [0.15, 0.2) is 48.5 Å². The minimum absolute atomic E-state index is 0.0114. The SMILES string of the molecule is COC(=O)C[C@H](C(=O)N1CCC[C@H]1c1nc2cc(F)c([C@@H]3CC[C@H](c4cc5nc([C@@H]6CCCN6C(=O)[C@@H](NC(=O)OC)C(C)C)[nH]c5cc4F)N3c3ccc(C(C)(C)C)cc3)cc2[nH]1)C(C)C. The van der Waals surface area contributed by atoms with Crippen LogP contribution in [0, 0.1) is 29.4 Å². The minimum Gasteiger partial charge on any atom is -0.469 e. The Labute approximate surface area is 390 Å². The number of H-pyrrole nitrogens is 2. The molecule has 3 aromatic carbocycles. The molecule has 3 saturated heterocycles. The van der Waals surface area contributed by atoms with Crippen LogP contribution >= 0.6 is 0 Å². The maximum atomic E-state index is 16.7. The van der Waals surface area contributed by atoms with E-state index in [2.05, 4.69) is 53.1 Å². The number of hydrogen-bond donors (Lipinski definition) is 3. The number of aromatic amines is 2. The van der Waals surface area contributed by atoms with Gasteiger partial charge in [-0.05, 0) is 91.7 Å². The van der Waals surface area contributed by atoms with Crippen LogP contribution in [0.2, 0.25) is 0 Å². The van der Waals surface area contributed by atoms with Crippen LogP contribution in [-0.2, 0) is 29.3 Å². The first-order valence-electron chi connectivity index (χ1n) is 23.7. The predicted octanol–water partition coefficient (Wildman–Crippen LogP) is 9.64. The summed E-state index contributed by atoms with van der Waals surface area (Å²) in [5.41, 5.74) is 4.82. The third kappa shape index (κ3) is 9.32. The maximum absolute atomic E-state index is 16.7. The van der Waals surface area contributed by atoms with Gasteiger partial charge in [-0.3, -0.25) is 14.4 Å². The highest BCUT2D eigenvalue weighted by molar-refractivity contribution is 5.87. The number of amides is 3. The molecule has 3 aliphatic heterocycles. The summed E-state index contributed by atoms with van der Waals surface area (Å²) in [5.74, 6) is -1.39. The Hall–Kier alpha value is -6.06. The molecule has 3 amide bonds. The molecule has 16 heteroatoms. The number of halogens is 2. The number of ether oxygens (including phenoxy) is 2. The Bertz CT molecular complexity index is 2500. The summed E-state index contributed by atoms with van der Waals surface area (Å²) in [5, 5.41) is 2.68. The second kappa shape index (κ2) is 18.9. The zero-order valence-corrected chi connectivity index (χ0v) is 40.0. The van der Waals surface area contributed by atoms with Gasteiger partial charge in [0.2, 0.25) is 11.8 Å². The normalized spacial score (nSPS) is 20.9. The summed E-state index contributed by atoms with van der Waals surface area (Å²) in [4.78, 5) is 74.4. The largest absolute Gasteiger partial charge is 0.469 e. The van der Waals surface area contributed by atoms with Gasteiger partial charge < -0.3 is 39.5 Å². The van der Waals surface area contributed by atoms with Crippen LogP contribution in [0.3, 0.4) is 0 Å². The van der Waals surface area contributed by atoms with Crippen molar-refractivity contribution in [2.45, 2.75) is 129 Å². The van der Waals surface area contributed by atoms with Gasteiger partial charge in [0, 0.05) is 36.0 Å². The molecule has 3 N–H and O–H groups in total. The van der Waals surface area contributed by atoms with Crippen LogP contribution in [0.1, 0.15) is 146 Å². The lowest BCUT2D eigenvalue weighted by Crippen LogP contribution is -2.51. The van der Waals surface area contributed by atoms with Crippen molar-refractivity contribution < 1.29 is 37.4 Å². The fraction of sp³-hybridized carbons (Fsp3) is 0.529. The number of anilines is 1. The van der Waals surface area contributed by atoms with Crippen LogP contribution in [0.25, 0.3) is 22.1 Å². The zero-order valence-electron chi connectivity index (χ0n) is 40.0. The Balaban J connectivity index is 1.12. The molecule has 358 valence electrons. The summed E-state index contributed by atoms with van der Waals surface area (Å²) >= 11 is 0. The summed E-state index contributed by atoms with van der Waals surface area (Å²) in [6.45, 7) is 15.0. The maximum Gasteiger partial charge on any atom is 0.407 e. The van der Waals surface area contributed by atoms with Crippen molar-refractivity contribution in [3.63, 3.8) is 0 Å². The Morgan fingerprint density at radius 3 is 1.79 bits per heavy atom. The molecule has 5 aromatic rings. The van der Waals surface area contributed by atoms with Gasteiger partial charge in [-0.2, -0.15) is 0 Å². The summed E-state index contributed by atoms with van der Waals surface area (Å²) in [7, 11) is 2.58. The van der Waals surface area contributed by atoms with Crippen molar-refractivity contribution in [2.24, 2.45) is 17.8 Å². The van der Waals surface area contributed by atoms with Crippen molar-refractivity contribution >= 4 is 51.6 Å². The number of benzene rings is 3. The van der Waals surface area contributed by atoms with Gasteiger partial charge >= 0.3 is 12.1 Å². The molecule has 0 bridgehead atoms. The van der Waals surface area contributed by atoms with E-state index in [9.17, 15) is 19.2 Å². The zero-order chi connectivity index (χ0) is 48.1. The van der Waals surface area contributed by atoms with Gasteiger partial charge in [0.15, 0.2) is 0 Å². The van der Waals surface area contributed by atoms with Crippen molar-refractivity contribution in [3.05, 3.63) is 88.5 Å². The van der Waals surface area contributed by atoms with Gasteiger partial charge in [0.05, 0.1) is 72.8 Å². The molecule has 14 nitrogen and oxygen atoms in total. The summed E-state index contributed by atoms with van der Waals surface area (Å²) in [6.07, 6.45) is 3.17. The number of nitrogens with zero attached hydrogens (tertiary/aromatic N) is 5. The molecule has 8 rings (SSSR count). The lowest BCUT2D eigenvalue weighted by atomic mass is 9.87. The quantitative estimate of drug-likeness (QED) is 0.103. The highest BCUT2D eigenvalue weighted by Crippen LogP contribution is 2.49. The minimum atomic E-state index is -0.794. The molecule has 0 aliphatic carbocycles. The number of carbonyl (C=O) groups is 4.